The monoisotopic (exact) mass is 502 g/mol. The summed E-state index contributed by atoms with van der Waals surface area (Å²) in [6, 6.07) is 20.5. The van der Waals surface area contributed by atoms with E-state index in [2.05, 4.69) is 5.32 Å². The molecule has 0 aliphatic carbocycles. The number of anilines is 2. The molecule has 0 bridgehead atoms. The van der Waals surface area contributed by atoms with E-state index in [0.29, 0.717) is 28.4 Å². The lowest BCUT2D eigenvalue weighted by Gasteiger charge is -2.17. The summed E-state index contributed by atoms with van der Waals surface area (Å²) in [7, 11) is 1.59. The van der Waals surface area contributed by atoms with E-state index in [4.69, 9.17) is 14.2 Å². The predicted molar refractivity (Wildman–Crippen MR) is 136 cm³/mol. The fourth-order valence-corrected chi connectivity index (χ4v) is 3.83. The number of hydrogen-bond acceptors (Lipinski definition) is 7. The van der Waals surface area contributed by atoms with Crippen LogP contribution in [0.3, 0.4) is 0 Å². The number of Topliss-reactive ketones (excluding diaryl/α,β-unsaturated/α-hetero) is 1. The Balaban J connectivity index is 1.27. The number of esters is 1. The molecule has 1 N–H and O–H groups in total. The third-order valence-corrected chi connectivity index (χ3v) is 5.82. The van der Waals surface area contributed by atoms with E-state index in [1.54, 1.807) is 79.9 Å². The largest absolute Gasteiger partial charge is 0.497 e. The van der Waals surface area contributed by atoms with Crippen LogP contribution in [0, 0.1) is 5.92 Å². The topological polar surface area (TPSA) is 111 Å². The van der Waals surface area contributed by atoms with Gasteiger partial charge in [0.25, 0.3) is 5.91 Å². The molecule has 0 radical (unpaired) electrons. The molecule has 3 aromatic rings. The van der Waals surface area contributed by atoms with Gasteiger partial charge in [-0.25, -0.2) is 0 Å². The summed E-state index contributed by atoms with van der Waals surface area (Å²) >= 11 is 0. The van der Waals surface area contributed by atoms with Crippen LogP contribution in [0.15, 0.2) is 72.8 Å². The summed E-state index contributed by atoms with van der Waals surface area (Å²) in [5.41, 5.74) is 1.64. The summed E-state index contributed by atoms with van der Waals surface area (Å²) in [4.78, 5) is 50.0. The third kappa shape index (κ3) is 6.52. The molecule has 2 amide bonds. The number of carbonyl (C=O) groups is 4. The van der Waals surface area contributed by atoms with E-state index in [1.165, 1.54) is 11.8 Å². The second-order valence-electron chi connectivity index (χ2n) is 8.47. The van der Waals surface area contributed by atoms with Gasteiger partial charge in [0.15, 0.2) is 12.4 Å². The molecule has 4 rings (SSSR count). The SMILES string of the molecule is COc1ccc(Oc2ccc(N3C[C@@H](C(=O)OCC(=O)Nc4ccc(C(C)=O)cc4)CC3=O)cc2)cc1. The Bertz CT molecular complexity index is 1290. The summed E-state index contributed by atoms with van der Waals surface area (Å²) in [6.07, 6.45) is -0.00292. The number of methoxy groups -OCH3 is 1. The molecule has 0 unspecified atom stereocenters. The van der Waals surface area contributed by atoms with Crippen molar-refractivity contribution in [3.8, 4) is 17.2 Å². The molecule has 190 valence electrons. The molecule has 1 saturated heterocycles. The third-order valence-electron chi connectivity index (χ3n) is 5.82. The molecule has 9 nitrogen and oxygen atoms in total. The van der Waals surface area contributed by atoms with Crippen molar-refractivity contribution in [1.29, 1.82) is 0 Å². The Morgan fingerprint density at radius 3 is 2.08 bits per heavy atom. The summed E-state index contributed by atoms with van der Waals surface area (Å²) in [5, 5.41) is 2.60. The minimum absolute atomic E-state index is 0.00292. The number of ether oxygens (including phenoxy) is 3. The first-order valence-electron chi connectivity index (χ1n) is 11.6. The number of rotatable bonds is 9. The summed E-state index contributed by atoms with van der Waals surface area (Å²) < 4.78 is 16.1. The van der Waals surface area contributed by atoms with Crippen LogP contribution in [0.4, 0.5) is 11.4 Å². The van der Waals surface area contributed by atoms with Gasteiger partial charge in [0.1, 0.15) is 17.2 Å². The van der Waals surface area contributed by atoms with Crippen LogP contribution in [0.2, 0.25) is 0 Å². The highest BCUT2D eigenvalue weighted by Gasteiger charge is 2.36. The second kappa shape index (κ2) is 11.4. The molecular formula is C28H26N2O7. The van der Waals surface area contributed by atoms with Gasteiger partial charge >= 0.3 is 5.97 Å². The minimum Gasteiger partial charge on any atom is -0.497 e. The number of benzene rings is 3. The zero-order valence-corrected chi connectivity index (χ0v) is 20.4. The maximum atomic E-state index is 12.6. The molecule has 37 heavy (non-hydrogen) atoms. The van der Waals surface area contributed by atoms with Crippen molar-refractivity contribution in [2.24, 2.45) is 5.92 Å². The Morgan fingerprint density at radius 1 is 0.892 bits per heavy atom. The first-order valence-corrected chi connectivity index (χ1v) is 11.6. The van der Waals surface area contributed by atoms with Gasteiger partial charge in [-0.2, -0.15) is 0 Å². The van der Waals surface area contributed by atoms with Gasteiger partial charge in [0, 0.05) is 29.9 Å². The van der Waals surface area contributed by atoms with Crippen LogP contribution in [-0.4, -0.2) is 43.8 Å². The van der Waals surface area contributed by atoms with Crippen molar-refractivity contribution >= 4 is 34.9 Å². The molecule has 1 atom stereocenters. The zero-order valence-electron chi connectivity index (χ0n) is 20.4. The van der Waals surface area contributed by atoms with E-state index in [9.17, 15) is 19.2 Å². The minimum atomic E-state index is -0.676. The van der Waals surface area contributed by atoms with E-state index >= 15 is 0 Å². The lowest BCUT2D eigenvalue weighted by molar-refractivity contribution is -0.151. The first-order chi connectivity index (χ1) is 17.8. The van der Waals surface area contributed by atoms with E-state index in [0.717, 1.165) is 5.75 Å². The number of hydrogen-bond donors (Lipinski definition) is 1. The highest BCUT2D eigenvalue weighted by molar-refractivity contribution is 6.00. The van der Waals surface area contributed by atoms with Gasteiger partial charge in [-0.15, -0.1) is 0 Å². The maximum absolute atomic E-state index is 12.6. The maximum Gasteiger partial charge on any atom is 0.311 e. The lowest BCUT2D eigenvalue weighted by Crippen LogP contribution is -2.28. The molecular weight excluding hydrogens is 476 g/mol. The van der Waals surface area contributed by atoms with Crippen molar-refractivity contribution in [3.05, 3.63) is 78.4 Å². The van der Waals surface area contributed by atoms with Crippen molar-refractivity contribution in [2.75, 3.05) is 30.5 Å². The van der Waals surface area contributed by atoms with Gasteiger partial charge in [0.2, 0.25) is 5.91 Å². The predicted octanol–water partition coefficient (Wildman–Crippen LogP) is 4.22. The van der Waals surface area contributed by atoms with E-state index in [-0.39, 0.29) is 24.7 Å². The molecule has 1 heterocycles. The number of amides is 2. The Labute approximate surface area is 213 Å². The molecule has 0 aromatic heterocycles. The Kier molecular flexibility index (Phi) is 7.83. The average Bonchev–Trinajstić information content (AvgIpc) is 3.30. The molecule has 3 aromatic carbocycles. The molecule has 1 fully saturated rings. The number of nitrogens with zero attached hydrogens (tertiary/aromatic N) is 1. The number of carbonyl (C=O) groups excluding carboxylic acids is 4. The highest BCUT2D eigenvalue weighted by atomic mass is 16.5. The normalized spacial score (nSPS) is 14.7. The van der Waals surface area contributed by atoms with Gasteiger partial charge in [0.05, 0.1) is 13.0 Å². The summed E-state index contributed by atoms with van der Waals surface area (Å²) in [5.74, 6) is -0.125. The lowest BCUT2D eigenvalue weighted by atomic mass is 10.1. The van der Waals surface area contributed by atoms with E-state index < -0.39 is 24.4 Å². The van der Waals surface area contributed by atoms with Crippen LogP contribution in [-0.2, 0) is 19.1 Å². The van der Waals surface area contributed by atoms with E-state index in [1.807, 2.05) is 0 Å². The van der Waals surface area contributed by atoms with Crippen molar-refractivity contribution in [2.45, 2.75) is 13.3 Å². The van der Waals surface area contributed by atoms with Crippen LogP contribution in [0.25, 0.3) is 0 Å². The smallest absolute Gasteiger partial charge is 0.311 e. The quantitative estimate of drug-likeness (QED) is 0.344. The fourth-order valence-electron chi connectivity index (χ4n) is 3.83. The molecule has 0 saturated carbocycles. The second-order valence-corrected chi connectivity index (χ2v) is 8.47. The summed E-state index contributed by atoms with van der Waals surface area (Å²) in [6.45, 7) is 1.13. The van der Waals surface area contributed by atoms with Gasteiger partial charge < -0.3 is 24.4 Å². The van der Waals surface area contributed by atoms with Gasteiger partial charge in [-0.1, -0.05) is 0 Å². The van der Waals surface area contributed by atoms with Crippen molar-refractivity contribution < 1.29 is 33.4 Å². The standard InChI is InChI=1S/C28H26N2O7/c1-18(31)19-3-5-21(6-4-19)29-26(32)17-36-28(34)20-15-27(33)30(16-20)22-7-9-24(10-8-22)37-25-13-11-23(35-2)12-14-25/h3-14,20H,15-17H2,1-2H3,(H,29,32)/t20-/m0/s1. The molecule has 9 heteroatoms. The van der Waals surface area contributed by atoms with Gasteiger partial charge in [-0.05, 0) is 79.7 Å². The molecule has 0 spiro atoms. The highest BCUT2D eigenvalue weighted by Crippen LogP contribution is 2.29. The van der Waals surface area contributed by atoms with Crippen LogP contribution < -0.4 is 19.7 Å². The zero-order chi connectivity index (χ0) is 26.4. The molecule has 1 aliphatic rings. The fraction of sp³-hybridized carbons (Fsp3) is 0.214. The van der Waals surface area contributed by atoms with Crippen LogP contribution >= 0.6 is 0 Å². The van der Waals surface area contributed by atoms with Crippen LogP contribution in [0.1, 0.15) is 23.7 Å². The average molecular weight is 503 g/mol. The van der Waals surface area contributed by atoms with Gasteiger partial charge in [-0.3, -0.25) is 19.2 Å². The Hall–Kier alpha value is -4.66. The van der Waals surface area contributed by atoms with Crippen molar-refractivity contribution in [1.82, 2.24) is 0 Å². The molecule has 1 aliphatic heterocycles. The van der Waals surface area contributed by atoms with Crippen LogP contribution in [0.5, 0.6) is 17.2 Å². The first kappa shape index (κ1) is 25.4. The Morgan fingerprint density at radius 2 is 1.49 bits per heavy atom. The number of ketones is 1. The van der Waals surface area contributed by atoms with Crippen molar-refractivity contribution in [3.63, 3.8) is 0 Å². The number of nitrogens with one attached hydrogen (secondary N) is 1.